The summed E-state index contributed by atoms with van der Waals surface area (Å²) in [5.74, 6) is 0. The molecule has 0 aromatic heterocycles. The zero-order chi connectivity index (χ0) is 18.1. The summed E-state index contributed by atoms with van der Waals surface area (Å²) in [5.41, 5.74) is 0. The van der Waals surface area contributed by atoms with Crippen molar-refractivity contribution in [1.82, 2.24) is 0 Å². The van der Waals surface area contributed by atoms with Crippen LogP contribution in [-0.4, -0.2) is 6.16 Å². The molecule has 0 aliphatic carbocycles. The van der Waals surface area contributed by atoms with Crippen LogP contribution in [0, 0.1) is 0 Å². The summed E-state index contributed by atoms with van der Waals surface area (Å²) in [7, 11) is -1.98. The molecule has 26 heavy (non-hydrogen) atoms. The Morgan fingerprint density at radius 2 is 0.885 bits per heavy atom. The van der Waals surface area contributed by atoms with Crippen LogP contribution in [0.25, 0.3) is 0 Å². The standard InChI is InChI=1S/C25H31P/c1-2-3-4-5-15-22-26(23-16-9-6-10-17-23,24-18-11-7-12-19-24)25-20-13-8-14-21-25/h6-14,16-21,26H,2-5,15,22H2,1H3. The molecule has 0 bridgehead atoms. The monoisotopic (exact) mass is 362 g/mol. The molecule has 1 heteroatoms. The van der Waals surface area contributed by atoms with Crippen molar-refractivity contribution in [2.24, 2.45) is 0 Å². The van der Waals surface area contributed by atoms with Crippen LogP contribution in [0.5, 0.6) is 0 Å². The molecule has 0 N–H and O–H groups in total. The van der Waals surface area contributed by atoms with Gasteiger partial charge in [0, 0.05) is 0 Å². The Balaban J connectivity index is 2.06. The Morgan fingerprint density at radius 1 is 0.500 bits per heavy atom. The first-order valence-electron chi connectivity index (χ1n) is 10.0. The van der Waals surface area contributed by atoms with Crippen LogP contribution in [0.15, 0.2) is 91.0 Å². The average molecular weight is 362 g/mol. The summed E-state index contributed by atoms with van der Waals surface area (Å²) < 4.78 is 0. The summed E-state index contributed by atoms with van der Waals surface area (Å²) >= 11 is 0. The third kappa shape index (κ3) is 4.25. The normalized spacial score (nSPS) is 12.0. The molecule has 0 aliphatic heterocycles. The molecular weight excluding hydrogens is 331 g/mol. The number of hydrogen-bond donors (Lipinski definition) is 0. The van der Waals surface area contributed by atoms with Gasteiger partial charge in [-0.3, -0.25) is 0 Å². The van der Waals surface area contributed by atoms with E-state index >= 15 is 0 Å². The van der Waals surface area contributed by atoms with Gasteiger partial charge in [-0.2, -0.15) is 0 Å². The van der Waals surface area contributed by atoms with Gasteiger partial charge in [0.1, 0.15) is 0 Å². The molecular formula is C25H31P. The molecule has 0 heterocycles. The van der Waals surface area contributed by atoms with Gasteiger partial charge in [0.25, 0.3) is 0 Å². The van der Waals surface area contributed by atoms with E-state index < -0.39 is 7.26 Å². The van der Waals surface area contributed by atoms with E-state index in [1.54, 1.807) is 0 Å². The summed E-state index contributed by atoms with van der Waals surface area (Å²) in [5, 5.41) is 4.61. The Hall–Kier alpha value is -1.91. The fourth-order valence-electron chi connectivity index (χ4n) is 4.09. The molecule has 0 atom stereocenters. The molecule has 0 nitrogen and oxygen atoms in total. The fourth-order valence-corrected chi connectivity index (χ4v) is 9.03. The summed E-state index contributed by atoms with van der Waals surface area (Å²) in [6, 6.07) is 33.8. The third-order valence-electron chi connectivity index (χ3n) is 5.46. The predicted octanol–water partition coefficient (Wildman–Crippen LogP) is 5.68. The molecule has 3 aromatic carbocycles. The van der Waals surface area contributed by atoms with E-state index in [1.165, 1.54) is 54.2 Å². The molecule has 0 saturated carbocycles. The molecule has 0 unspecified atom stereocenters. The van der Waals surface area contributed by atoms with Crippen LogP contribution in [-0.2, 0) is 0 Å². The van der Waals surface area contributed by atoms with Crippen molar-refractivity contribution < 1.29 is 0 Å². The third-order valence-corrected chi connectivity index (χ3v) is 10.5. The van der Waals surface area contributed by atoms with Crippen LogP contribution in [0.4, 0.5) is 0 Å². The minimum absolute atomic E-state index is 1.29. The molecule has 3 rings (SSSR count). The number of hydrogen-bond acceptors (Lipinski definition) is 0. The maximum absolute atomic E-state index is 2.36. The van der Waals surface area contributed by atoms with Crippen LogP contribution < -0.4 is 15.9 Å². The Kier molecular flexibility index (Phi) is 7.04. The topological polar surface area (TPSA) is 0 Å². The maximum atomic E-state index is 2.36. The van der Waals surface area contributed by atoms with Gasteiger partial charge in [-0.05, 0) is 0 Å². The molecule has 0 amide bonds. The molecule has 0 fully saturated rings. The van der Waals surface area contributed by atoms with E-state index in [9.17, 15) is 0 Å². The van der Waals surface area contributed by atoms with Gasteiger partial charge in [-0.25, -0.2) is 0 Å². The van der Waals surface area contributed by atoms with Crippen LogP contribution in [0.2, 0.25) is 0 Å². The van der Waals surface area contributed by atoms with Gasteiger partial charge in [-0.1, -0.05) is 0 Å². The predicted molar refractivity (Wildman–Crippen MR) is 120 cm³/mol. The Labute approximate surface area is 159 Å². The van der Waals surface area contributed by atoms with Crippen molar-refractivity contribution in [3.8, 4) is 0 Å². The van der Waals surface area contributed by atoms with E-state index in [0.29, 0.717) is 0 Å². The van der Waals surface area contributed by atoms with Gasteiger partial charge in [0.15, 0.2) is 0 Å². The second kappa shape index (κ2) is 9.70. The van der Waals surface area contributed by atoms with Gasteiger partial charge < -0.3 is 0 Å². The van der Waals surface area contributed by atoms with Crippen molar-refractivity contribution >= 4 is 23.2 Å². The van der Waals surface area contributed by atoms with Crippen molar-refractivity contribution in [3.63, 3.8) is 0 Å². The Morgan fingerprint density at radius 3 is 1.27 bits per heavy atom. The van der Waals surface area contributed by atoms with E-state index in [-0.39, 0.29) is 0 Å². The zero-order valence-electron chi connectivity index (χ0n) is 15.9. The van der Waals surface area contributed by atoms with E-state index in [1.807, 2.05) is 0 Å². The SMILES string of the molecule is CCCCCCC[PH](c1ccccc1)(c1ccccc1)c1ccccc1. The first kappa shape index (κ1) is 18.9. The van der Waals surface area contributed by atoms with Crippen LogP contribution >= 0.6 is 7.26 Å². The summed E-state index contributed by atoms with van der Waals surface area (Å²) in [6.07, 6.45) is 7.96. The first-order valence-corrected chi connectivity index (χ1v) is 12.2. The van der Waals surface area contributed by atoms with Crippen LogP contribution in [0.3, 0.4) is 0 Å². The average Bonchev–Trinajstić information content (AvgIpc) is 2.73. The molecule has 136 valence electrons. The Bertz CT molecular complexity index is 653. The molecule has 0 saturated heterocycles. The van der Waals surface area contributed by atoms with Crippen molar-refractivity contribution in [2.75, 3.05) is 6.16 Å². The molecule has 0 aliphatic rings. The van der Waals surface area contributed by atoms with Crippen LogP contribution in [0.1, 0.15) is 39.0 Å². The van der Waals surface area contributed by atoms with Gasteiger partial charge in [-0.15, -0.1) is 0 Å². The summed E-state index contributed by atoms with van der Waals surface area (Å²) in [6.45, 7) is 2.29. The van der Waals surface area contributed by atoms with Crippen molar-refractivity contribution in [3.05, 3.63) is 91.0 Å². The van der Waals surface area contributed by atoms with E-state index in [2.05, 4.69) is 97.9 Å². The van der Waals surface area contributed by atoms with E-state index in [4.69, 9.17) is 0 Å². The molecule has 3 aromatic rings. The van der Waals surface area contributed by atoms with E-state index in [0.717, 1.165) is 0 Å². The number of benzene rings is 3. The second-order valence-corrected chi connectivity index (χ2v) is 11.2. The van der Waals surface area contributed by atoms with Gasteiger partial charge in [0.2, 0.25) is 0 Å². The minimum atomic E-state index is -1.98. The first-order chi connectivity index (χ1) is 12.9. The van der Waals surface area contributed by atoms with Gasteiger partial charge in [0.05, 0.1) is 0 Å². The number of rotatable bonds is 9. The summed E-state index contributed by atoms with van der Waals surface area (Å²) in [4.78, 5) is 0. The number of unbranched alkanes of at least 4 members (excludes halogenated alkanes) is 4. The molecule has 0 radical (unpaired) electrons. The quantitative estimate of drug-likeness (QED) is 0.339. The van der Waals surface area contributed by atoms with Gasteiger partial charge >= 0.3 is 159 Å². The zero-order valence-corrected chi connectivity index (χ0v) is 16.9. The second-order valence-electron chi connectivity index (χ2n) is 7.17. The molecule has 0 spiro atoms. The van der Waals surface area contributed by atoms with Crippen molar-refractivity contribution in [2.45, 2.75) is 39.0 Å². The fraction of sp³-hybridized carbons (Fsp3) is 0.280. The van der Waals surface area contributed by atoms with Crippen molar-refractivity contribution in [1.29, 1.82) is 0 Å².